The van der Waals surface area contributed by atoms with E-state index in [4.69, 9.17) is 4.74 Å². The molecule has 0 saturated carbocycles. The third kappa shape index (κ3) is 1.36. The van der Waals surface area contributed by atoms with Gasteiger partial charge in [-0.05, 0) is 24.3 Å². The number of ether oxygens (including phenoxy) is 1. The number of rotatable bonds is 1. The molecule has 3 rings (SSSR count). The lowest BCUT2D eigenvalue weighted by Gasteiger charge is -2.31. The second-order valence-electron chi connectivity index (χ2n) is 3.94. The first kappa shape index (κ1) is 7.83. The summed E-state index contributed by atoms with van der Waals surface area (Å²) in [6, 6.07) is 2.20. The fourth-order valence-electron chi connectivity index (χ4n) is 2.00. The fourth-order valence-corrected chi connectivity index (χ4v) is 2.66. The number of thiophene rings is 1. The average Bonchev–Trinajstić information content (AvgIpc) is 2.71. The molecular weight excluding hydrogens is 182 g/mol. The zero-order chi connectivity index (χ0) is 8.73. The second kappa shape index (κ2) is 2.72. The van der Waals surface area contributed by atoms with E-state index in [1.807, 2.05) is 0 Å². The van der Waals surface area contributed by atoms with Gasteiger partial charge in [-0.15, -0.1) is 0 Å². The van der Waals surface area contributed by atoms with Crippen molar-refractivity contribution < 1.29 is 4.74 Å². The van der Waals surface area contributed by atoms with Gasteiger partial charge < -0.3 is 9.64 Å². The van der Waals surface area contributed by atoms with Gasteiger partial charge in [-0.2, -0.15) is 11.3 Å². The summed E-state index contributed by atoms with van der Waals surface area (Å²) in [5, 5.41) is 4.37. The number of anilines is 1. The number of hydrogen-bond acceptors (Lipinski definition) is 3. The molecule has 0 bridgehead atoms. The summed E-state index contributed by atoms with van der Waals surface area (Å²) in [5.41, 5.74) is 1.70. The number of piperidine rings is 1. The second-order valence-corrected chi connectivity index (χ2v) is 4.72. The van der Waals surface area contributed by atoms with Crippen LogP contribution >= 0.6 is 11.3 Å². The van der Waals surface area contributed by atoms with Crippen LogP contribution in [0, 0.1) is 0 Å². The summed E-state index contributed by atoms with van der Waals surface area (Å²) in [6.45, 7) is 3.33. The van der Waals surface area contributed by atoms with Crippen molar-refractivity contribution in [3.05, 3.63) is 16.8 Å². The molecule has 13 heavy (non-hydrogen) atoms. The minimum absolute atomic E-state index is 0.312. The van der Waals surface area contributed by atoms with E-state index in [1.165, 1.54) is 18.5 Å². The summed E-state index contributed by atoms with van der Waals surface area (Å²) in [6.07, 6.45) is 2.42. The average molecular weight is 195 g/mol. The molecule has 2 nitrogen and oxygen atoms in total. The van der Waals surface area contributed by atoms with E-state index >= 15 is 0 Å². The molecule has 0 amide bonds. The molecule has 70 valence electrons. The first-order chi connectivity index (χ1) is 6.38. The highest BCUT2D eigenvalue weighted by atomic mass is 32.1. The molecule has 2 aliphatic heterocycles. The summed E-state index contributed by atoms with van der Waals surface area (Å²) in [7, 11) is 0. The van der Waals surface area contributed by atoms with Gasteiger partial charge >= 0.3 is 0 Å². The summed E-state index contributed by atoms with van der Waals surface area (Å²) >= 11 is 1.78. The van der Waals surface area contributed by atoms with Crippen molar-refractivity contribution in [3.63, 3.8) is 0 Å². The standard InChI is InChI=1S/C10H13NOS/c1-6-13-7-9(1)11-4-2-10(3-5-11)8-12-10/h1,6-7H,2-5,8H2. The van der Waals surface area contributed by atoms with Gasteiger partial charge in [0.25, 0.3) is 0 Å². The Kier molecular flexibility index (Phi) is 1.64. The zero-order valence-electron chi connectivity index (χ0n) is 7.53. The minimum Gasteiger partial charge on any atom is -0.371 e. The molecule has 2 saturated heterocycles. The Morgan fingerprint density at radius 1 is 1.38 bits per heavy atom. The molecule has 0 aromatic carbocycles. The van der Waals surface area contributed by atoms with Crippen LogP contribution in [-0.2, 0) is 4.74 Å². The lowest BCUT2D eigenvalue weighted by molar-refractivity contribution is 0.259. The molecule has 2 fully saturated rings. The van der Waals surface area contributed by atoms with Crippen LogP contribution in [0.2, 0.25) is 0 Å². The molecule has 0 aliphatic carbocycles. The van der Waals surface area contributed by atoms with Gasteiger partial charge in [0, 0.05) is 24.2 Å². The van der Waals surface area contributed by atoms with Gasteiger partial charge in [0.15, 0.2) is 0 Å². The summed E-state index contributed by atoms with van der Waals surface area (Å²) < 4.78 is 5.48. The van der Waals surface area contributed by atoms with E-state index < -0.39 is 0 Å². The Labute approximate surface area is 82.1 Å². The zero-order valence-corrected chi connectivity index (χ0v) is 8.35. The lowest BCUT2D eigenvalue weighted by Crippen LogP contribution is -2.37. The van der Waals surface area contributed by atoms with Crippen LogP contribution in [0.1, 0.15) is 12.8 Å². The van der Waals surface area contributed by atoms with Crippen LogP contribution in [0.3, 0.4) is 0 Å². The molecular formula is C10H13NOS. The number of nitrogens with zero attached hydrogens (tertiary/aromatic N) is 1. The van der Waals surface area contributed by atoms with Crippen LogP contribution < -0.4 is 4.90 Å². The maximum Gasteiger partial charge on any atom is 0.0950 e. The van der Waals surface area contributed by atoms with Gasteiger partial charge in [-0.3, -0.25) is 0 Å². The van der Waals surface area contributed by atoms with Crippen LogP contribution in [-0.4, -0.2) is 25.3 Å². The molecule has 1 aromatic rings. The molecule has 0 radical (unpaired) electrons. The lowest BCUT2D eigenvalue weighted by atomic mass is 9.98. The molecule has 3 heteroatoms. The Hall–Kier alpha value is -0.540. The molecule has 0 N–H and O–H groups in total. The highest BCUT2D eigenvalue weighted by Crippen LogP contribution is 2.39. The molecule has 1 aromatic heterocycles. The van der Waals surface area contributed by atoms with Crippen LogP contribution in [0.25, 0.3) is 0 Å². The van der Waals surface area contributed by atoms with Crippen molar-refractivity contribution in [1.82, 2.24) is 0 Å². The van der Waals surface area contributed by atoms with E-state index in [9.17, 15) is 0 Å². The van der Waals surface area contributed by atoms with Gasteiger partial charge in [0.2, 0.25) is 0 Å². The molecule has 1 spiro atoms. The van der Waals surface area contributed by atoms with Gasteiger partial charge in [-0.1, -0.05) is 0 Å². The Morgan fingerprint density at radius 2 is 2.15 bits per heavy atom. The number of hydrogen-bond donors (Lipinski definition) is 0. The van der Waals surface area contributed by atoms with E-state index in [2.05, 4.69) is 21.7 Å². The predicted octanol–water partition coefficient (Wildman–Crippen LogP) is 2.12. The molecule has 0 atom stereocenters. The maximum absolute atomic E-state index is 5.48. The van der Waals surface area contributed by atoms with Crippen LogP contribution in [0.4, 0.5) is 5.69 Å². The van der Waals surface area contributed by atoms with Gasteiger partial charge in [0.1, 0.15) is 0 Å². The van der Waals surface area contributed by atoms with Crippen molar-refractivity contribution in [1.29, 1.82) is 0 Å². The third-order valence-corrected chi connectivity index (χ3v) is 3.77. The Morgan fingerprint density at radius 3 is 2.69 bits per heavy atom. The van der Waals surface area contributed by atoms with Gasteiger partial charge in [0.05, 0.1) is 12.2 Å². The minimum atomic E-state index is 0.312. The van der Waals surface area contributed by atoms with Crippen LogP contribution in [0.15, 0.2) is 16.8 Å². The summed E-state index contributed by atoms with van der Waals surface area (Å²) in [4.78, 5) is 2.46. The maximum atomic E-state index is 5.48. The van der Waals surface area contributed by atoms with E-state index in [0.29, 0.717) is 5.60 Å². The van der Waals surface area contributed by atoms with E-state index in [1.54, 1.807) is 11.3 Å². The van der Waals surface area contributed by atoms with E-state index in [0.717, 1.165) is 19.7 Å². The highest BCUT2D eigenvalue weighted by molar-refractivity contribution is 7.08. The predicted molar refractivity (Wildman–Crippen MR) is 54.4 cm³/mol. The first-order valence-electron chi connectivity index (χ1n) is 4.79. The molecule has 3 heterocycles. The molecule has 2 aliphatic rings. The van der Waals surface area contributed by atoms with Crippen molar-refractivity contribution >= 4 is 17.0 Å². The fraction of sp³-hybridized carbons (Fsp3) is 0.600. The smallest absolute Gasteiger partial charge is 0.0950 e. The normalized spacial score (nSPS) is 25.1. The monoisotopic (exact) mass is 195 g/mol. The van der Waals surface area contributed by atoms with Crippen molar-refractivity contribution in [2.24, 2.45) is 0 Å². The third-order valence-electron chi connectivity index (χ3n) is 3.10. The van der Waals surface area contributed by atoms with Crippen molar-refractivity contribution in [2.75, 3.05) is 24.6 Å². The Bertz CT molecular complexity index is 282. The molecule has 0 unspecified atom stereocenters. The quantitative estimate of drug-likeness (QED) is 0.638. The van der Waals surface area contributed by atoms with E-state index in [-0.39, 0.29) is 0 Å². The Balaban J connectivity index is 1.69. The van der Waals surface area contributed by atoms with Gasteiger partial charge in [-0.25, -0.2) is 0 Å². The highest BCUT2D eigenvalue weighted by Gasteiger charge is 2.46. The largest absolute Gasteiger partial charge is 0.371 e. The van der Waals surface area contributed by atoms with Crippen LogP contribution in [0.5, 0.6) is 0 Å². The first-order valence-corrected chi connectivity index (χ1v) is 5.73. The topological polar surface area (TPSA) is 15.8 Å². The SMILES string of the molecule is c1cc(N2CCC3(CC2)CO3)cs1. The number of epoxide rings is 1. The van der Waals surface area contributed by atoms with Crippen molar-refractivity contribution in [3.8, 4) is 0 Å². The van der Waals surface area contributed by atoms with Crippen molar-refractivity contribution in [2.45, 2.75) is 18.4 Å². The summed E-state index contributed by atoms with van der Waals surface area (Å²) in [5.74, 6) is 0.